The lowest BCUT2D eigenvalue weighted by Gasteiger charge is -2.43. The number of hydrogen-bond donors (Lipinski definition) is 2. The zero-order chi connectivity index (χ0) is 18.3. The van der Waals surface area contributed by atoms with Crippen molar-refractivity contribution in [2.75, 3.05) is 0 Å². The molecule has 0 aromatic heterocycles. The number of fused-ring (bicyclic) bond motifs is 1. The molecule has 0 aromatic carbocycles. The first kappa shape index (κ1) is 19.5. The summed E-state index contributed by atoms with van der Waals surface area (Å²) in [6.07, 6.45) is 4.51. The van der Waals surface area contributed by atoms with E-state index in [-0.39, 0.29) is 17.3 Å². The minimum atomic E-state index is -1.12. The molecule has 0 spiro atoms. The average Bonchev–Trinajstić information content (AvgIpc) is 2.72. The van der Waals surface area contributed by atoms with Gasteiger partial charge in [0.2, 0.25) is 0 Å². The van der Waals surface area contributed by atoms with Crippen LogP contribution in [0.3, 0.4) is 0 Å². The van der Waals surface area contributed by atoms with Crippen LogP contribution < -0.4 is 0 Å². The Bertz CT molecular complexity index is 522. The molecule has 24 heavy (non-hydrogen) atoms. The maximum absolute atomic E-state index is 12.2. The molecule has 0 amide bonds. The predicted octanol–water partition coefficient (Wildman–Crippen LogP) is 3.60. The SMILES string of the molecule is CC=C(C)C(=O)O[C@@H]1C[C@@]2(C)CC[C@H](C(C)C)[C@@]2(O)CC[C@@]1(C)O. The summed E-state index contributed by atoms with van der Waals surface area (Å²) in [7, 11) is 0. The minimum absolute atomic E-state index is 0.227. The Morgan fingerprint density at radius 3 is 2.38 bits per heavy atom. The summed E-state index contributed by atoms with van der Waals surface area (Å²) in [6, 6.07) is 0. The van der Waals surface area contributed by atoms with Crippen molar-refractivity contribution in [3.05, 3.63) is 11.6 Å². The first-order valence-corrected chi connectivity index (χ1v) is 9.25. The quantitative estimate of drug-likeness (QED) is 0.609. The van der Waals surface area contributed by atoms with Crippen molar-refractivity contribution in [1.82, 2.24) is 0 Å². The molecular weight excluding hydrogens is 304 g/mol. The van der Waals surface area contributed by atoms with Crippen LogP contribution in [0.5, 0.6) is 0 Å². The summed E-state index contributed by atoms with van der Waals surface area (Å²) < 4.78 is 5.69. The van der Waals surface area contributed by atoms with Crippen LogP contribution in [-0.4, -0.2) is 33.5 Å². The van der Waals surface area contributed by atoms with Crippen LogP contribution in [-0.2, 0) is 9.53 Å². The van der Waals surface area contributed by atoms with E-state index >= 15 is 0 Å². The molecule has 0 heterocycles. The topological polar surface area (TPSA) is 66.8 Å². The van der Waals surface area contributed by atoms with E-state index in [2.05, 4.69) is 20.8 Å². The van der Waals surface area contributed by atoms with Crippen LogP contribution in [0.2, 0.25) is 0 Å². The summed E-state index contributed by atoms with van der Waals surface area (Å²) >= 11 is 0. The molecule has 2 saturated carbocycles. The third-order valence-electron chi connectivity index (χ3n) is 6.82. The number of carbonyl (C=O) groups excluding carboxylic acids is 1. The molecule has 0 aromatic rings. The fraction of sp³-hybridized carbons (Fsp3) is 0.850. The van der Waals surface area contributed by atoms with Gasteiger partial charge in [0.05, 0.1) is 11.2 Å². The Hall–Kier alpha value is -0.870. The molecule has 2 rings (SSSR count). The molecular formula is C20H34O4. The lowest BCUT2D eigenvalue weighted by Crippen LogP contribution is -2.48. The Morgan fingerprint density at radius 2 is 1.83 bits per heavy atom. The maximum atomic E-state index is 12.2. The smallest absolute Gasteiger partial charge is 0.333 e. The van der Waals surface area contributed by atoms with Gasteiger partial charge in [0.25, 0.3) is 0 Å². The highest BCUT2D eigenvalue weighted by Crippen LogP contribution is 2.59. The van der Waals surface area contributed by atoms with Gasteiger partial charge in [-0.2, -0.15) is 0 Å². The molecule has 2 aliphatic rings. The molecule has 4 nitrogen and oxygen atoms in total. The van der Waals surface area contributed by atoms with Crippen LogP contribution in [0.15, 0.2) is 11.6 Å². The summed E-state index contributed by atoms with van der Waals surface area (Å²) in [4.78, 5) is 12.2. The normalized spacial score (nSPS) is 43.5. The standard InChI is InChI=1S/C20H34O4/c1-7-14(4)17(21)24-16-12-18(5)9-8-15(13(2)3)20(18,23)11-10-19(16,6)22/h7,13,15-16,22-23H,8-12H2,1-6H3/t15-,16-,18-,19-,20+/m1/s1. The number of allylic oxidation sites excluding steroid dienone is 1. The molecule has 2 fully saturated rings. The van der Waals surface area contributed by atoms with E-state index < -0.39 is 17.3 Å². The molecule has 4 heteroatoms. The summed E-state index contributed by atoms with van der Waals surface area (Å²) in [6.45, 7) is 11.7. The summed E-state index contributed by atoms with van der Waals surface area (Å²) in [5, 5.41) is 22.5. The molecule has 0 radical (unpaired) electrons. The van der Waals surface area contributed by atoms with Gasteiger partial charge in [-0.05, 0) is 64.7 Å². The van der Waals surface area contributed by atoms with Crippen molar-refractivity contribution < 1.29 is 19.7 Å². The van der Waals surface area contributed by atoms with Gasteiger partial charge >= 0.3 is 5.97 Å². The molecule has 0 aliphatic heterocycles. The first-order valence-electron chi connectivity index (χ1n) is 9.25. The zero-order valence-electron chi connectivity index (χ0n) is 16.1. The lowest BCUT2D eigenvalue weighted by molar-refractivity contribution is -0.163. The number of hydrogen-bond acceptors (Lipinski definition) is 4. The fourth-order valence-electron chi connectivity index (χ4n) is 4.77. The predicted molar refractivity (Wildman–Crippen MR) is 94.4 cm³/mol. The van der Waals surface area contributed by atoms with Gasteiger partial charge in [0, 0.05) is 11.0 Å². The van der Waals surface area contributed by atoms with Crippen molar-refractivity contribution in [3.63, 3.8) is 0 Å². The van der Waals surface area contributed by atoms with Crippen LogP contribution in [0.4, 0.5) is 0 Å². The Kier molecular flexibility index (Phi) is 5.23. The van der Waals surface area contributed by atoms with Gasteiger partial charge in [-0.15, -0.1) is 0 Å². The second-order valence-electron chi connectivity index (χ2n) is 8.80. The van der Waals surface area contributed by atoms with Gasteiger partial charge < -0.3 is 14.9 Å². The third-order valence-corrected chi connectivity index (χ3v) is 6.82. The average molecular weight is 338 g/mol. The largest absolute Gasteiger partial charge is 0.456 e. The fourth-order valence-corrected chi connectivity index (χ4v) is 4.77. The number of aliphatic hydroxyl groups is 2. The van der Waals surface area contributed by atoms with Crippen LogP contribution in [0.25, 0.3) is 0 Å². The molecule has 2 aliphatic carbocycles. The van der Waals surface area contributed by atoms with E-state index in [1.165, 1.54) is 0 Å². The minimum Gasteiger partial charge on any atom is -0.456 e. The highest BCUT2D eigenvalue weighted by Gasteiger charge is 2.61. The van der Waals surface area contributed by atoms with Gasteiger partial charge in [-0.3, -0.25) is 0 Å². The van der Waals surface area contributed by atoms with Gasteiger partial charge in [0.1, 0.15) is 6.10 Å². The van der Waals surface area contributed by atoms with E-state index in [0.717, 1.165) is 12.8 Å². The third kappa shape index (κ3) is 3.15. The van der Waals surface area contributed by atoms with E-state index in [1.54, 1.807) is 26.8 Å². The van der Waals surface area contributed by atoms with E-state index in [0.29, 0.717) is 30.8 Å². The van der Waals surface area contributed by atoms with Crippen LogP contribution in [0.1, 0.15) is 73.6 Å². The molecule has 5 atom stereocenters. The number of rotatable bonds is 3. The van der Waals surface area contributed by atoms with Crippen LogP contribution >= 0.6 is 0 Å². The van der Waals surface area contributed by atoms with Crippen molar-refractivity contribution in [3.8, 4) is 0 Å². The summed E-state index contributed by atoms with van der Waals surface area (Å²) in [5.74, 6) is 0.242. The molecule has 138 valence electrons. The molecule has 0 unspecified atom stereocenters. The Morgan fingerprint density at radius 1 is 1.21 bits per heavy atom. The molecule has 0 bridgehead atoms. The Labute approximate surface area is 146 Å². The van der Waals surface area contributed by atoms with Crippen molar-refractivity contribution in [2.24, 2.45) is 17.3 Å². The van der Waals surface area contributed by atoms with Gasteiger partial charge in [0.15, 0.2) is 0 Å². The van der Waals surface area contributed by atoms with Gasteiger partial charge in [-0.25, -0.2) is 4.79 Å². The monoisotopic (exact) mass is 338 g/mol. The maximum Gasteiger partial charge on any atom is 0.333 e. The van der Waals surface area contributed by atoms with Gasteiger partial charge in [-0.1, -0.05) is 26.8 Å². The second kappa shape index (κ2) is 6.45. The Balaban J connectivity index is 2.32. The zero-order valence-corrected chi connectivity index (χ0v) is 16.1. The first-order chi connectivity index (χ1) is 11.0. The number of ether oxygens (including phenoxy) is 1. The lowest BCUT2D eigenvalue weighted by atomic mass is 9.67. The highest BCUT2D eigenvalue weighted by atomic mass is 16.6. The van der Waals surface area contributed by atoms with E-state index in [4.69, 9.17) is 4.74 Å². The number of esters is 1. The van der Waals surface area contributed by atoms with Crippen molar-refractivity contribution in [2.45, 2.75) is 91.0 Å². The second-order valence-corrected chi connectivity index (χ2v) is 8.80. The number of carbonyl (C=O) groups is 1. The van der Waals surface area contributed by atoms with Crippen molar-refractivity contribution in [1.29, 1.82) is 0 Å². The van der Waals surface area contributed by atoms with Crippen molar-refractivity contribution >= 4 is 5.97 Å². The van der Waals surface area contributed by atoms with Crippen LogP contribution in [0, 0.1) is 17.3 Å². The molecule has 2 N–H and O–H groups in total. The van der Waals surface area contributed by atoms with E-state index in [9.17, 15) is 15.0 Å². The molecule has 0 saturated heterocycles. The summed E-state index contributed by atoms with van der Waals surface area (Å²) in [5.41, 5.74) is -1.71. The van der Waals surface area contributed by atoms with E-state index in [1.807, 2.05) is 0 Å². The highest BCUT2D eigenvalue weighted by molar-refractivity contribution is 5.87.